The van der Waals surface area contributed by atoms with E-state index in [0.717, 1.165) is 35.4 Å². The van der Waals surface area contributed by atoms with Crippen molar-refractivity contribution in [1.29, 1.82) is 0 Å². The fourth-order valence-electron chi connectivity index (χ4n) is 7.71. The fourth-order valence-corrected chi connectivity index (χ4v) is 7.71. The highest BCUT2D eigenvalue weighted by molar-refractivity contribution is 6.16. The summed E-state index contributed by atoms with van der Waals surface area (Å²) in [7, 11) is 3.30. The first-order chi connectivity index (χ1) is 26.8. The summed E-state index contributed by atoms with van der Waals surface area (Å²) >= 11 is 0. The van der Waals surface area contributed by atoms with Gasteiger partial charge < -0.3 is 34.1 Å². The molecule has 3 heterocycles. The molecule has 11 heteroatoms. The topological polar surface area (TPSA) is 133 Å². The van der Waals surface area contributed by atoms with E-state index in [0.29, 0.717) is 30.1 Å². The van der Waals surface area contributed by atoms with Gasteiger partial charge in [-0.05, 0) is 76.7 Å². The zero-order valence-electron chi connectivity index (χ0n) is 30.4. The van der Waals surface area contributed by atoms with Gasteiger partial charge in [-0.2, -0.15) is 0 Å². The zero-order valence-corrected chi connectivity index (χ0v) is 30.4. The highest BCUT2D eigenvalue weighted by atomic mass is 16.7. The van der Waals surface area contributed by atoms with Crippen LogP contribution in [0.4, 0.5) is 5.69 Å². The van der Waals surface area contributed by atoms with E-state index >= 15 is 0 Å². The molecule has 0 radical (unpaired) electrons. The lowest BCUT2D eigenvalue weighted by atomic mass is 9.82. The SMILES string of the molecule is COc1cc2c(cc1OC)CN(CC1OC(c3cccc(NC(=O)c4ccc5c(c4)C(=O)OC5=O)c3)OC(c3ccc(CO)cc3)C1c1ccccc1)CC2. The predicted molar refractivity (Wildman–Crippen MR) is 202 cm³/mol. The minimum atomic E-state index is -0.799. The summed E-state index contributed by atoms with van der Waals surface area (Å²) in [6, 6.07) is 33.8. The molecule has 0 bridgehead atoms. The van der Waals surface area contributed by atoms with Gasteiger partial charge in [-0.1, -0.05) is 66.7 Å². The Balaban J connectivity index is 1.11. The van der Waals surface area contributed by atoms with Crippen LogP contribution in [0, 0.1) is 0 Å². The van der Waals surface area contributed by atoms with Gasteiger partial charge >= 0.3 is 11.9 Å². The number of carbonyl (C=O) groups excluding carboxylic acids is 3. The molecule has 4 atom stereocenters. The molecule has 0 spiro atoms. The number of aliphatic hydroxyl groups is 1. The minimum Gasteiger partial charge on any atom is -0.493 e. The maximum atomic E-state index is 13.4. The first-order valence-corrected chi connectivity index (χ1v) is 18.2. The van der Waals surface area contributed by atoms with Crippen molar-refractivity contribution in [1.82, 2.24) is 4.90 Å². The molecule has 1 saturated heterocycles. The summed E-state index contributed by atoms with van der Waals surface area (Å²) in [5.74, 6) is -0.739. The van der Waals surface area contributed by atoms with Gasteiger partial charge in [-0.25, -0.2) is 9.59 Å². The molecule has 0 aliphatic carbocycles. The molecule has 8 rings (SSSR count). The third-order valence-corrected chi connectivity index (χ3v) is 10.5. The Morgan fingerprint density at radius 1 is 0.782 bits per heavy atom. The van der Waals surface area contributed by atoms with Crippen LogP contribution in [0.25, 0.3) is 0 Å². The van der Waals surface area contributed by atoms with E-state index in [1.54, 1.807) is 20.3 Å². The lowest BCUT2D eigenvalue weighted by Gasteiger charge is -2.45. The summed E-state index contributed by atoms with van der Waals surface area (Å²) < 4.78 is 29.8. The van der Waals surface area contributed by atoms with E-state index < -0.39 is 30.2 Å². The Hall–Kier alpha value is -5.85. The van der Waals surface area contributed by atoms with E-state index in [1.807, 2.05) is 60.7 Å². The van der Waals surface area contributed by atoms with E-state index in [1.165, 1.54) is 29.3 Å². The van der Waals surface area contributed by atoms with Gasteiger partial charge in [0.1, 0.15) is 0 Å². The highest BCUT2D eigenvalue weighted by Gasteiger charge is 2.43. The first kappa shape index (κ1) is 36.1. The van der Waals surface area contributed by atoms with Crippen LogP contribution in [-0.2, 0) is 33.8 Å². The number of hydrogen-bond donors (Lipinski definition) is 2. The molecule has 4 unspecified atom stereocenters. The number of rotatable bonds is 10. The lowest BCUT2D eigenvalue weighted by molar-refractivity contribution is -0.263. The number of cyclic esters (lactones) is 2. The van der Waals surface area contributed by atoms with Crippen molar-refractivity contribution in [3.63, 3.8) is 0 Å². The number of hydrogen-bond acceptors (Lipinski definition) is 10. The van der Waals surface area contributed by atoms with E-state index in [2.05, 4.69) is 39.2 Å². The Morgan fingerprint density at radius 3 is 2.25 bits per heavy atom. The number of methoxy groups -OCH3 is 2. The van der Waals surface area contributed by atoms with Gasteiger partial charge in [0.25, 0.3) is 5.91 Å². The number of carbonyl (C=O) groups is 3. The summed E-state index contributed by atoms with van der Waals surface area (Å²) in [5, 5.41) is 12.7. The molecule has 55 heavy (non-hydrogen) atoms. The van der Waals surface area contributed by atoms with Crippen LogP contribution in [0.15, 0.2) is 109 Å². The highest BCUT2D eigenvalue weighted by Crippen LogP contribution is 2.47. The number of benzene rings is 5. The van der Waals surface area contributed by atoms with Crippen LogP contribution in [-0.4, -0.2) is 61.3 Å². The van der Waals surface area contributed by atoms with Crippen molar-refractivity contribution in [2.24, 2.45) is 0 Å². The van der Waals surface area contributed by atoms with Crippen molar-refractivity contribution >= 4 is 23.5 Å². The Morgan fingerprint density at radius 2 is 1.51 bits per heavy atom. The average Bonchev–Trinajstić information content (AvgIpc) is 3.51. The third-order valence-electron chi connectivity index (χ3n) is 10.5. The predicted octanol–water partition coefficient (Wildman–Crippen LogP) is 6.76. The fraction of sp³-hybridized carbons (Fsp3) is 0.250. The maximum absolute atomic E-state index is 13.4. The van der Waals surface area contributed by atoms with E-state index in [4.69, 9.17) is 18.9 Å². The second-order valence-electron chi connectivity index (χ2n) is 13.9. The molecular weight excluding hydrogens is 700 g/mol. The number of ether oxygens (including phenoxy) is 5. The number of nitrogens with zero attached hydrogens (tertiary/aromatic N) is 1. The number of amides is 1. The number of aliphatic hydroxyl groups excluding tert-OH is 1. The average molecular weight is 741 g/mol. The molecule has 280 valence electrons. The maximum Gasteiger partial charge on any atom is 0.346 e. The van der Waals surface area contributed by atoms with Crippen molar-refractivity contribution in [3.05, 3.63) is 159 Å². The summed E-state index contributed by atoms with van der Waals surface area (Å²) in [6.45, 7) is 2.07. The van der Waals surface area contributed by atoms with Gasteiger partial charge in [-0.15, -0.1) is 0 Å². The molecular formula is C44H40N2O9. The largest absolute Gasteiger partial charge is 0.493 e. The Kier molecular flexibility index (Phi) is 10.2. The summed E-state index contributed by atoms with van der Waals surface area (Å²) in [6.07, 6.45) is -0.704. The molecule has 1 amide bonds. The zero-order chi connectivity index (χ0) is 38.1. The molecule has 2 N–H and O–H groups in total. The molecule has 11 nitrogen and oxygen atoms in total. The van der Waals surface area contributed by atoms with Gasteiger partial charge in [0.15, 0.2) is 17.8 Å². The van der Waals surface area contributed by atoms with Gasteiger partial charge in [0.2, 0.25) is 0 Å². The van der Waals surface area contributed by atoms with Crippen molar-refractivity contribution < 1.29 is 43.2 Å². The lowest BCUT2D eigenvalue weighted by Crippen LogP contribution is -2.45. The molecule has 5 aromatic carbocycles. The van der Waals surface area contributed by atoms with Crippen LogP contribution >= 0.6 is 0 Å². The molecule has 5 aromatic rings. The number of fused-ring (bicyclic) bond motifs is 2. The number of anilines is 1. The second kappa shape index (κ2) is 15.5. The number of nitrogens with one attached hydrogen (secondary N) is 1. The van der Waals surface area contributed by atoms with Crippen molar-refractivity contribution in [3.8, 4) is 11.5 Å². The van der Waals surface area contributed by atoms with Crippen molar-refractivity contribution in [2.45, 2.75) is 44.0 Å². The van der Waals surface area contributed by atoms with Crippen LogP contribution in [0.3, 0.4) is 0 Å². The van der Waals surface area contributed by atoms with Gasteiger partial charge in [-0.3, -0.25) is 9.69 Å². The normalized spacial score (nSPS) is 20.6. The summed E-state index contributed by atoms with van der Waals surface area (Å²) in [4.78, 5) is 39.8. The Bertz CT molecular complexity index is 2240. The second-order valence-corrected chi connectivity index (χ2v) is 13.9. The smallest absolute Gasteiger partial charge is 0.346 e. The molecule has 3 aliphatic rings. The van der Waals surface area contributed by atoms with Crippen LogP contribution in [0.5, 0.6) is 11.5 Å². The van der Waals surface area contributed by atoms with Crippen molar-refractivity contribution in [2.75, 3.05) is 32.6 Å². The van der Waals surface area contributed by atoms with Crippen LogP contribution in [0.1, 0.15) is 82.8 Å². The van der Waals surface area contributed by atoms with Gasteiger partial charge in [0, 0.05) is 42.4 Å². The third kappa shape index (κ3) is 7.35. The Labute approximate surface area is 318 Å². The summed E-state index contributed by atoms with van der Waals surface area (Å²) in [5.41, 5.74) is 6.83. The first-order valence-electron chi connectivity index (χ1n) is 18.2. The monoisotopic (exact) mass is 740 g/mol. The van der Waals surface area contributed by atoms with Crippen LogP contribution < -0.4 is 14.8 Å². The minimum absolute atomic E-state index is 0.0588. The standard InChI is InChI=1S/C44H40N2O9/c1-51-36-21-29-17-18-46(23-32(29)22-37(36)52-2)24-38-39(27-7-4-3-5-8-27)40(28-13-11-26(25-47)12-14-28)54-44(53-38)31-9-6-10-33(19-31)45-41(48)30-15-16-34-35(20-30)43(50)55-42(34)49/h3-16,19-22,38-40,44,47H,17-18,23-25H2,1-2H3,(H,45,48). The van der Waals surface area contributed by atoms with Gasteiger partial charge in [0.05, 0.1) is 44.2 Å². The van der Waals surface area contributed by atoms with E-state index in [-0.39, 0.29) is 35.3 Å². The van der Waals surface area contributed by atoms with Crippen LogP contribution in [0.2, 0.25) is 0 Å². The molecule has 0 aromatic heterocycles. The number of esters is 2. The van der Waals surface area contributed by atoms with E-state index in [9.17, 15) is 19.5 Å². The quantitative estimate of drug-likeness (QED) is 0.117. The molecule has 1 fully saturated rings. The molecule has 0 saturated carbocycles. The molecule has 3 aliphatic heterocycles.